The topological polar surface area (TPSA) is 58.4 Å². The molecule has 0 bridgehead atoms. The highest BCUT2D eigenvalue weighted by Gasteiger charge is 2.28. The van der Waals surface area contributed by atoms with Crippen LogP contribution in [0.1, 0.15) is 44.2 Å². The van der Waals surface area contributed by atoms with Crippen LogP contribution in [0.3, 0.4) is 0 Å². The van der Waals surface area contributed by atoms with Gasteiger partial charge < -0.3 is 5.11 Å². The zero-order chi connectivity index (χ0) is 13.0. The highest BCUT2D eigenvalue weighted by atomic mass is 16.4. The van der Waals surface area contributed by atoms with Gasteiger partial charge in [-0.1, -0.05) is 12.8 Å². The first-order chi connectivity index (χ1) is 8.72. The predicted molar refractivity (Wildman–Crippen MR) is 68.3 cm³/mol. The summed E-state index contributed by atoms with van der Waals surface area (Å²) in [6, 6.07) is -0.539. The molecule has 1 aromatic rings. The number of rotatable bonds is 4. The number of carbonyl (C=O) groups is 1. The van der Waals surface area contributed by atoms with Crippen LogP contribution in [0.25, 0.3) is 0 Å². The second kappa shape index (κ2) is 6.00. The summed E-state index contributed by atoms with van der Waals surface area (Å²) in [5.74, 6) is -0.771. The highest BCUT2D eigenvalue weighted by Crippen LogP contribution is 2.24. The number of likely N-dealkylation sites (tertiary alicyclic amines) is 1. The van der Waals surface area contributed by atoms with Crippen LogP contribution in [0.15, 0.2) is 12.4 Å². The molecule has 0 spiro atoms. The first-order valence-corrected chi connectivity index (χ1v) is 6.71. The lowest BCUT2D eigenvalue weighted by Gasteiger charge is -2.26. The van der Waals surface area contributed by atoms with Crippen LogP contribution in [0.4, 0.5) is 0 Å². The van der Waals surface area contributed by atoms with Crippen LogP contribution < -0.4 is 0 Å². The Morgan fingerprint density at radius 1 is 1.39 bits per heavy atom. The van der Waals surface area contributed by atoms with Crippen molar-refractivity contribution in [2.24, 2.45) is 0 Å². The van der Waals surface area contributed by atoms with E-state index in [1.165, 1.54) is 12.8 Å². The SMILES string of the molecule is CCn1cc(C(C(=O)O)N2CCCCCC2)cn1. The van der Waals surface area contributed by atoms with E-state index in [0.29, 0.717) is 0 Å². The monoisotopic (exact) mass is 251 g/mol. The minimum absolute atomic E-state index is 0.539. The van der Waals surface area contributed by atoms with Crippen molar-refractivity contribution in [1.82, 2.24) is 14.7 Å². The number of nitrogens with zero attached hydrogens (tertiary/aromatic N) is 3. The lowest BCUT2D eigenvalue weighted by molar-refractivity contribution is -0.143. The van der Waals surface area contributed by atoms with Gasteiger partial charge in [0, 0.05) is 18.3 Å². The summed E-state index contributed by atoms with van der Waals surface area (Å²) >= 11 is 0. The van der Waals surface area contributed by atoms with Crippen molar-refractivity contribution >= 4 is 5.97 Å². The van der Waals surface area contributed by atoms with E-state index >= 15 is 0 Å². The molecule has 0 saturated carbocycles. The highest BCUT2D eigenvalue weighted by molar-refractivity contribution is 5.75. The van der Waals surface area contributed by atoms with E-state index in [1.54, 1.807) is 10.9 Å². The van der Waals surface area contributed by atoms with Gasteiger partial charge in [0.1, 0.15) is 6.04 Å². The molecule has 5 heteroatoms. The molecule has 2 rings (SSSR count). The van der Waals surface area contributed by atoms with Crippen LogP contribution in [0.2, 0.25) is 0 Å². The number of carboxylic acid groups (broad SMARTS) is 1. The van der Waals surface area contributed by atoms with Gasteiger partial charge in [-0.3, -0.25) is 14.4 Å². The second-order valence-corrected chi connectivity index (χ2v) is 4.82. The van der Waals surface area contributed by atoms with Gasteiger partial charge in [-0.2, -0.15) is 5.10 Å². The van der Waals surface area contributed by atoms with Gasteiger partial charge in [0.25, 0.3) is 0 Å². The fourth-order valence-corrected chi connectivity index (χ4v) is 2.56. The molecule has 1 saturated heterocycles. The van der Waals surface area contributed by atoms with Crippen molar-refractivity contribution in [2.45, 2.75) is 45.2 Å². The van der Waals surface area contributed by atoms with Gasteiger partial charge in [-0.05, 0) is 32.9 Å². The van der Waals surface area contributed by atoms with Crippen molar-refractivity contribution in [1.29, 1.82) is 0 Å². The lowest BCUT2D eigenvalue weighted by Crippen LogP contribution is -2.34. The van der Waals surface area contributed by atoms with Gasteiger partial charge in [-0.15, -0.1) is 0 Å². The summed E-state index contributed by atoms with van der Waals surface area (Å²) in [6.07, 6.45) is 8.13. The van der Waals surface area contributed by atoms with Crippen LogP contribution in [0, 0.1) is 0 Å². The van der Waals surface area contributed by atoms with E-state index in [2.05, 4.69) is 10.00 Å². The molecular weight excluding hydrogens is 230 g/mol. The molecule has 1 fully saturated rings. The predicted octanol–water partition coefficient (Wildman–Crippen LogP) is 1.90. The molecule has 0 radical (unpaired) electrons. The number of hydrogen-bond acceptors (Lipinski definition) is 3. The third-order valence-electron chi connectivity index (χ3n) is 3.53. The van der Waals surface area contributed by atoms with Crippen LogP contribution in [0.5, 0.6) is 0 Å². The average Bonchev–Trinajstić information content (AvgIpc) is 2.65. The molecule has 1 atom stereocenters. The molecule has 0 aromatic carbocycles. The second-order valence-electron chi connectivity index (χ2n) is 4.82. The molecule has 5 nitrogen and oxygen atoms in total. The van der Waals surface area contributed by atoms with Gasteiger partial charge in [-0.25, -0.2) is 0 Å². The molecule has 1 aliphatic heterocycles. The smallest absolute Gasteiger partial charge is 0.325 e. The van der Waals surface area contributed by atoms with Crippen LogP contribution in [-0.4, -0.2) is 38.8 Å². The maximum absolute atomic E-state index is 11.5. The summed E-state index contributed by atoms with van der Waals surface area (Å²) in [4.78, 5) is 13.6. The minimum Gasteiger partial charge on any atom is -0.480 e. The first-order valence-electron chi connectivity index (χ1n) is 6.71. The van der Waals surface area contributed by atoms with Gasteiger partial charge >= 0.3 is 5.97 Å². The molecule has 0 amide bonds. The Morgan fingerprint density at radius 3 is 2.56 bits per heavy atom. The Hall–Kier alpha value is -1.36. The van der Waals surface area contributed by atoms with E-state index < -0.39 is 12.0 Å². The van der Waals surface area contributed by atoms with Crippen LogP contribution in [-0.2, 0) is 11.3 Å². The fraction of sp³-hybridized carbons (Fsp3) is 0.692. The molecule has 1 aromatic heterocycles. The van der Waals surface area contributed by atoms with E-state index in [9.17, 15) is 9.90 Å². The Balaban J connectivity index is 2.18. The maximum atomic E-state index is 11.5. The summed E-state index contributed by atoms with van der Waals surface area (Å²) in [7, 11) is 0. The van der Waals surface area contributed by atoms with Crippen LogP contribution >= 0.6 is 0 Å². The fourth-order valence-electron chi connectivity index (χ4n) is 2.56. The molecular formula is C13H21N3O2. The molecule has 1 aliphatic rings. The van der Waals surface area contributed by atoms with Crippen molar-refractivity contribution in [3.05, 3.63) is 18.0 Å². The molecule has 2 heterocycles. The maximum Gasteiger partial charge on any atom is 0.325 e. The molecule has 1 N–H and O–H groups in total. The number of carboxylic acids is 1. The number of aliphatic carboxylic acids is 1. The number of aryl methyl sites for hydroxylation is 1. The lowest BCUT2D eigenvalue weighted by atomic mass is 10.1. The normalized spacial score (nSPS) is 19.4. The molecule has 18 heavy (non-hydrogen) atoms. The largest absolute Gasteiger partial charge is 0.480 e. The third-order valence-corrected chi connectivity index (χ3v) is 3.53. The van der Waals surface area contributed by atoms with E-state index in [0.717, 1.165) is 38.0 Å². The van der Waals surface area contributed by atoms with Crippen molar-refractivity contribution in [3.63, 3.8) is 0 Å². The summed E-state index contributed by atoms with van der Waals surface area (Å²) < 4.78 is 1.78. The third kappa shape index (κ3) is 2.90. The summed E-state index contributed by atoms with van der Waals surface area (Å²) in [5.41, 5.74) is 0.797. The Bertz CT molecular complexity index is 395. The van der Waals surface area contributed by atoms with E-state index in [-0.39, 0.29) is 0 Å². The average molecular weight is 251 g/mol. The van der Waals surface area contributed by atoms with Gasteiger partial charge in [0.05, 0.1) is 6.20 Å². The quantitative estimate of drug-likeness (QED) is 0.888. The Morgan fingerprint density at radius 2 is 2.06 bits per heavy atom. The molecule has 0 aliphatic carbocycles. The number of hydrogen-bond donors (Lipinski definition) is 1. The molecule has 1 unspecified atom stereocenters. The van der Waals surface area contributed by atoms with Gasteiger partial charge in [0.2, 0.25) is 0 Å². The van der Waals surface area contributed by atoms with E-state index in [4.69, 9.17) is 0 Å². The van der Waals surface area contributed by atoms with E-state index in [1.807, 2.05) is 13.1 Å². The zero-order valence-corrected chi connectivity index (χ0v) is 10.9. The minimum atomic E-state index is -0.771. The Labute approximate surface area is 107 Å². The summed E-state index contributed by atoms with van der Waals surface area (Å²) in [5, 5.41) is 13.7. The standard InChI is InChI=1S/C13H21N3O2/c1-2-16-10-11(9-14-16)12(13(17)18)15-7-5-3-4-6-8-15/h9-10,12H,2-8H2,1H3,(H,17,18). The van der Waals surface area contributed by atoms with Crippen molar-refractivity contribution in [2.75, 3.05) is 13.1 Å². The van der Waals surface area contributed by atoms with Gasteiger partial charge in [0.15, 0.2) is 0 Å². The number of aromatic nitrogens is 2. The van der Waals surface area contributed by atoms with Crippen molar-refractivity contribution in [3.8, 4) is 0 Å². The zero-order valence-electron chi connectivity index (χ0n) is 10.9. The van der Waals surface area contributed by atoms with Crippen molar-refractivity contribution < 1.29 is 9.90 Å². The first kappa shape index (κ1) is 13.1. The summed E-state index contributed by atoms with van der Waals surface area (Å²) in [6.45, 7) is 4.51. The Kier molecular flexibility index (Phi) is 4.36. The molecule has 100 valence electrons.